The molecule has 0 saturated carbocycles. The van der Waals surface area contributed by atoms with Gasteiger partial charge in [0.2, 0.25) is 0 Å². The molecule has 3 heteroatoms. The van der Waals surface area contributed by atoms with Crippen molar-refractivity contribution in [1.82, 2.24) is 9.55 Å². The summed E-state index contributed by atoms with van der Waals surface area (Å²) < 4.78 is 2.60. The first-order valence-electron chi connectivity index (χ1n) is 17.7. The van der Waals surface area contributed by atoms with Crippen LogP contribution in [0.3, 0.4) is 0 Å². The minimum Gasteiger partial charge on any atom is -0.309 e. The first-order chi connectivity index (χ1) is 22.8. The van der Waals surface area contributed by atoms with E-state index in [9.17, 15) is 0 Å². The van der Waals surface area contributed by atoms with Crippen LogP contribution in [0.1, 0.15) is 65.2 Å². The van der Waals surface area contributed by atoms with Crippen LogP contribution in [0.25, 0.3) is 60.2 Å². The molecule has 8 rings (SSSR count). The van der Waals surface area contributed by atoms with E-state index in [-0.39, 0.29) is 0 Å². The number of hydrogen-bond acceptors (Lipinski definition) is 1. The van der Waals surface area contributed by atoms with E-state index in [0.717, 1.165) is 0 Å². The summed E-state index contributed by atoms with van der Waals surface area (Å²) in [6.45, 7) is 4.67. The van der Waals surface area contributed by atoms with Gasteiger partial charge in [-0.1, -0.05) is 138 Å². The van der Waals surface area contributed by atoms with E-state index in [4.69, 9.17) is 4.98 Å². The molecule has 2 aromatic heterocycles. The van der Waals surface area contributed by atoms with Crippen LogP contribution >= 0.6 is 0 Å². The summed E-state index contributed by atoms with van der Waals surface area (Å²) >= 11 is 0. The van der Waals surface area contributed by atoms with Crippen LogP contribution in [0.15, 0.2) is 109 Å². The average molecular weight is 617 g/mol. The van der Waals surface area contributed by atoms with Crippen LogP contribution in [0.4, 0.5) is 0 Å². The second-order valence-corrected chi connectivity index (χ2v) is 17.7. The molecule has 3 heterocycles. The molecule has 7 aromatic rings. The number of nitrogens with zero attached hydrogens (tertiary/aromatic N) is 2. The lowest BCUT2D eigenvalue weighted by Crippen LogP contribution is -2.55. The highest BCUT2D eigenvalue weighted by atomic mass is 28.3. The van der Waals surface area contributed by atoms with Gasteiger partial charge in [-0.25, -0.2) is 0 Å². The molecule has 0 bridgehead atoms. The Morgan fingerprint density at radius 3 is 2.15 bits per heavy atom. The molecule has 0 spiro atoms. The Hall–Kier alpha value is -4.21. The molecule has 0 fully saturated rings. The SMILES string of the molecule is CCCCCC[Si]1(CCCCCC)c2ccccc2-c2c1c1ccncc1c1c3ccccc3n(-c3ccc4ccccc4c3)c21. The Morgan fingerprint density at radius 2 is 1.35 bits per heavy atom. The van der Waals surface area contributed by atoms with Crippen LogP contribution in [0, 0.1) is 0 Å². The van der Waals surface area contributed by atoms with Gasteiger partial charge < -0.3 is 4.57 Å². The predicted octanol–water partition coefficient (Wildman–Crippen LogP) is 11.2. The second-order valence-electron chi connectivity index (χ2n) is 13.5. The number of aromatic nitrogens is 2. The van der Waals surface area contributed by atoms with E-state index in [1.54, 1.807) is 10.4 Å². The molecule has 2 nitrogen and oxygen atoms in total. The molecule has 0 radical (unpaired) electrons. The summed E-state index contributed by atoms with van der Waals surface area (Å²) in [5.41, 5.74) is 6.87. The highest BCUT2D eigenvalue weighted by molar-refractivity contribution is 7.07. The van der Waals surface area contributed by atoms with E-state index in [2.05, 4.69) is 122 Å². The van der Waals surface area contributed by atoms with Crippen LogP contribution in [-0.4, -0.2) is 17.6 Å². The number of unbranched alkanes of at least 4 members (excludes halogenated alkanes) is 6. The minimum atomic E-state index is -2.11. The van der Waals surface area contributed by atoms with E-state index >= 15 is 0 Å². The largest absolute Gasteiger partial charge is 0.309 e. The molecule has 0 unspecified atom stereocenters. The van der Waals surface area contributed by atoms with Gasteiger partial charge in [-0.3, -0.25) is 4.98 Å². The maximum Gasteiger partial charge on any atom is 0.120 e. The number of rotatable bonds is 11. The lowest BCUT2D eigenvalue weighted by atomic mass is 9.97. The van der Waals surface area contributed by atoms with Gasteiger partial charge in [-0.05, 0) is 68.4 Å². The highest BCUT2D eigenvalue weighted by Crippen LogP contribution is 2.46. The topological polar surface area (TPSA) is 17.8 Å². The fraction of sp³-hybridized carbons (Fsp3) is 0.279. The lowest BCUT2D eigenvalue weighted by Gasteiger charge is -2.31. The summed E-state index contributed by atoms with van der Waals surface area (Å²) in [6, 6.07) is 39.5. The lowest BCUT2D eigenvalue weighted by molar-refractivity contribution is 0.684. The van der Waals surface area contributed by atoms with Crippen molar-refractivity contribution in [2.24, 2.45) is 0 Å². The normalized spacial score (nSPS) is 13.6. The molecular formula is C43H44N2Si. The van der Waals surface area contributed by atoms with Crippen molar-refractivity contribution in [1.29, 1.82) is 0 Å². The average Bonchev–Trinajstić information content (AvgIpc) is 3.60. The first-order valence-corrected chi connectivity index (χ1v) is 20.1. The Morgan fingerprint density at radius 1 is 0.630 bits per heavy atom. The van der Waals surface area contributed by atoms with Crippen molar-refractivity contribution in [3.8, 4) is 16.8 Å². The number of pyridine rings is 1. The molecule has 46 heavy (non-hydrogen) atoms. The van der Waals surface area contributed by atoms with E-state index < -0.39 is 8.07 Å². The molecule has 0 saturated heterocycles. The summed E-state index contributed by atoms with van der Waals surface area (Å²) in [5.74, 6) is 0. The molecule has 5 aromatic carbocycles. The number of fused-ring (bicyclic) bond motifs is 11. The third-order valence-corrected chi connectivity index (χ3v) is 16.2. The van der Waals surface area contributed by atoms with Gasteiger partial charge in [0.05, 0.1) is 11.0 Å². The zero-order chi connectivity index (χ0) is 31.1. The monoisotopic (exact) mass is 616 g/mol. The third-order valence-electron chi connectivity index (χ3n) is 10.8. The molecule has 1 aliphatic heterocycles. The molecule has 1 aliphatic rings. The number of hydrogen-bond donors (Lipinski definition) is 0. The Balaban J connectivity index is 1.51. The summed E-state index contributed by atoms with van der Waals surface area (Å²) in [6.07, 6.45) is 14.7. The maximum absolute atomic E-state index is 4.79. The van der Waals surface area contributed by atoms with Crippen LogP contribution < -0.4 is 10.4 Å². The van der Waals surface area contributed by atoms with Gasteiger partial charge in [0.15, 0.2) is 0 Å². The Kier molecular flexibility index (Phi) is 7.74. The van der Waals surface area contributed by atoms with Crippen molar-refractivity contribution in [2.75, 3.05) is 0 Å². The van der Waals surface area contributed by atoms with Gasteiger partial charge in [0, 0.05) is 39.8 Å². The van der Waals surface area contributed by atoms with Gasteiger partial charge in [0.1, 0.15) is 8.07 Å². The van der Waals surface area contributed by atoms with Crippen molar-refractivity contribution < 1.29 is 0 Å². The fourth-order valence-electron chi connectivity index (χ4n) is 8.76. The summed E-state index contributed by atoms with van der Waals surface area (Å²) in [5, 5.41) is 11.4. The van der Waals surface area contributed by atoms with Crippen molar-refractivity contribution in [3.63, 3.8) is 0 Å². The van der Waals surface area contributed by atoms with Gasteiger partial charge in [-0.2, -0.15) is 0 Å². The summed E-state index contributed by atoms with van der Waals surface area (Å²) in [4.78, 5) is 4.79. The minimum absolute atomic E-state index is 1.23. The molecule has 230 valence electrons. The molecule has 0 atom stereocenters. The predicted molar refractivity (Wildman–Crippen MR) is 202 cm³/mol. The van der Waals surface area contributed by atoms with Crippen LogP contribution in [-0.2, 0) is 0 Å². The van der Waals surface area contributed by atoms with Crippen molar-refractivity contribution >= 4 is 61.8 Å². The van der Waals surface area contributed by atoms with Gasteiger partial charge >= 0.3 is 0 Å². The number of benzene rings is 5. The first kappa shape index (κ1) is 29.2. The van der Waals surface area contributed by atoms with Crippen LogP contribution in [0.2, 0.25) is 12.1 Å². The van der Waals surface area contributed by atoms with Gasteiger partial charge in [0.25, 0.3) is 0 Å². The van der Waals surface area contributed by atoms with E-state index in [0.29, 0.717) is 0 Å². The molecule has 0 aliphatic carbocycles. The van der Waals surface area contributed by atoms with Crippen LogP contribution in [0.5, 0.6) is 0 Å². The van der Waals surface area contributed by atoms with Crippen molar-refractivity contribution in [3.05, 3.63) is 109 Å². The molecule has 0 N–H and O–H groups in total. The van der Waals surface area contributed by atoms with E-state index in [1.807, 2.05) is 6.20 Å². The highest BCUT2D eigenvalue weighted by Gasteiger charge is 2.47. The zero-order valence-corrected chi connectivity index (χ0v) is 28.4. The van der Waals surface area contributed by atoms with Gasteiger partial charge in [-0.15, -0.1) is 0 Å². The standard InChI is InChI=1S/C43H44N2Si/c1-3-5-7-15-27-46(28-16-8-6-4-2)39-22-14-12-20-36(39)41-42-40(37-30-44-26-25-34(37)43(41)46)35-19-11-13-21-38(35)45(42)33-24-23-31-17-9-10-18-32(31)29-33/h9-14,17-26,29-30H,3-8,15-16,27-28H2,1-2H3. The summed E-state index contributed by atoms with van der Waals surface area (Å²) in [7, 11) is -2.11. The third kappa shape index (κ3) is 4.54. The fourth-order valence-corrected chi connectivity index (χ4v) is 14.6. The zero-order valence-electron chi connectivity index (χ0n) is 27.4. The molecule has 0 amide bonds. The van der Waals surface area contributed by atoms with Crippen molar-refractivity contribution in [2.45, 2.75) is 77.3 Å². The molecular weight excluding hydrogens is 573 g/mol. The van der Waals surface area contributed by atoms with E-state index in [1.165, 1.54) is 124 Å². The smallest absolute Gasteiger partial charge is 0.120 e. The second kappa shape index (κ2) is 12.2. The Bertz CT molecular complexity index is 2200. The maximum atomic E-state index is 4.79. The quantitative estimate of drug-likeness (QED) is 0.104. The Labute approximate surface area is 274 Å². The number of para-hydroxylation sites is 1.